The van der Waals surface area contributed by atoms with Crippen molar-refractivity contribution >= 4 is 23.3 Å². The number of amides is 1. The Bertz CT molecular complexity index is 910. The average molecular weight is 402 g/mol. The standard InChI is InChI=1S/C20H22N2O7/c1-5-28-18-11-16(22(25)26)15(10-17(18)27-4)20(24)29-13(3)19(23)21-14-8-6-12(2)7-9-14/h6-11,13H,5H2,1-4H3,(H,21,23)/t13-/m0/s1. The number of rotatable bonds is 8. The van der Waals surface area contributed by atoms with E-state index in [1.165, 1.54) is 14.0 Å². The van der Waals surface area contributed by atoms with Gasteiger partial charge < -0.3 is 19.5 Å². The number of aryl methyl sites for hydroxylation is 1. The van der Waals surface area contributed by atoms with E-state index in [2.05, 4.69) is 5.32 Å². The SMILES string of the molecule is CCOc1cc([N+](=O)[O-])c(C(=O)O[C@@H](C)C(=O)Nc2ccc(C)cc2)cc1OC. The number of nitrogens with one attached hydrogen (secondary N) is 1. The number of benzene rings is 2. The largest absolute Gasteiger partial charge is 0.493 e. The summed E-state index contributed by atoms with van der Waals surface area (Å²) in [5, 5.41) is 14.0. The van der Waals surface area contributed by atoms with Gasteiger partial charge in [-0.3, -0.25) is 14.9 Å². The summed E-state index contributed by atoms with van der Waals surface area (Å²) in [6.45, 7) is 5.25. The molecule has 29 heavy (non-hydrogen) atoms. The van der Waals surface area contributed by atoms with Crippen LogP contribution in [0, 0.1) is 17.0 Å². The highest BCUT2D eigenvalue weighted by Gasteiger charge is 2.28. The van der Waals surface area contributed by atoms with Gasteiger partial charge in [-0.25, -0.2) is 4.79 Å². The molecule has 1 atom stereocenters. The van der Waals surface area contributed by atoms with Crippen LogP contribution in [-0.4, -0.2) is 36.6 Å². The smallest absolute Gasteiger partial charge is 0.346 e. The van der Waals surface area contributed by atoms with Crippen LogP contribution in [0.1, 0.15) is 29.8 Å². The van der Waals surface area contributed by atoms with E-state index in [-0.39, 0.29) is 23.7 Å². The second-order valence-electron chi connectivity index (χ2n) is 6.11. The molecule has 9 heteroatoms. The maximum absolute atomic E-state index is 12.5. The normalized spacial score (nSPS) is 11.3. The minimum absolute atomic E-state index is 0.128. The molecule has 0 unspecified atom stereocenters. The zero-order valence-corrected chi connectivity index (χ0v) is 16.6. The Hall–Kier alpha value is -3.62. The second kappa shape index (κ2) is 9.54. The Morgan fingerprint density at radius 2 is 1.83 bits per heavy atom. The quantitative estimate of drug-likeness (QED) is 0.408. The van der Waals surface area contributed by atoms with E-state index in [4.69, 9.17) is 14.2 Å². The first kappa shape index (κ1) is 21.7. The lowest BCUT2D eigenvalue weighted by atomic mass is 10.1. The highest BCUT2D eigenvalue weighted by Crippen LogP contribution is 2.35. The third kappa shape index (κ3) is 5.44. The molecule has 154 valence electrons. The van der Waals surface area contributed by atoms with Crippen LogP contribution in [-0.2, 0) is 9.53 Å². The molecule has 1 N–H and O–H groups in total. The Morgan fingerprint density at radius 1 is 1.17 bits per heavy atom. The van der Waals surface area contributed by atoms with E-state index in [1.54, 1.807) is 19.1 Å². The van der Waals surface area contributed by atoms with Crippen LogP contribution in [0.15, 0.2) is 36.4 Å². The molecule has 0 heterocycles. The summed E-state index contributed by atoms with van der Waals surface area (Å²) in [7, 11) is 1.34. The molecule has 0 saturated heterocycles. The van der Waals surface area contributed by atoms with Gasteiger partial charge in [0.2, 0.25) is 0 Å². The van der Waals surface area contributed by atoms with Gasteiger partial charge >= 0.3 is 5.97 Å². The van der Waals surface area contributed by atoms with Crippen molar-refractivity contribution in [1.82, 2.24) is 0 Å². The molecule has 2 rings (SSSR count). The molecule has 2 aromatic carbocycles. The topological polar surface area (TPSA) is 117 Å². The van der Waals surface area contributed by atoms with Gasteiger partial charge in [0.15, 0.2) is 17.6 Å². The van der Waals surface area contributed by atoms with E-state index >= 15 is 0 Å². The Morgan fingerprint density at radius 3 is 2.38 bits per heavy atom. The molecule has 0 aliphatic heterocycles. The zero-order chi connectivity index (χ0) is 21.6. The Kier molecular flexibility index (Phi) is 7.13. The van der Waals surface area contributed by atoms with Crippen LogP contribution in [0.4, 0.5) is 11.4 Å². The highest BCUT2D eigenvalue weighted by atomic mass is 16.6. The molecule has 0 fully saturated rings. The van der Waals surface area contributed by atoms with Crippen LogP contribution in [0.25, 0.3) is 0 Å². The molecule has 0 radical (unpaired) electrons. The third-order valence-corrected chi connectivity index (χ3v) is 3.97. The zero-order valence-electron chi connectivity index (χ0n) is 16.6. The number of hydrogen-bond acceptors (Lipinski definition) is 7. The van der Waals surface area contributed by atoms with Crippen LogP contribution in [0.3, 0.4) is 0 Å². The van der Waals surface area contributed by atoms with Crippen LogP contribution >= 0.6 is 0 Å². The summed E-state index contributed by atoms with van der Waals surface area (Å²) in [4.78, 5) is 35.5. The minimum atomic E-state index is -1.18. The van der Waals surface area contributed by atoms with E-state index in [0.717, 1.165) is 17.7 Å². The fourth-order valence-corrected chi connectivity index (χ4v) is 2.45. The summed E-state index contributed by atoms with van der Waals surface area (Å²) in [5.74, 6) is -1.32. The molecular weight excluding hydrogens is 380 g/mol. The number of methoxy groups -OCH3 is 1. The summed E-state index contributed by atoms with van der Waals surface area (Å²) >= 11 is 0. The number of nitro groups is 1. The van der Waals surface area contributed by atoms with E-state index < -0.39 is 28.6 Å². The van der Waals surface area contributed by atoms with Gasteiger partial charge in [-0.15, -0.1) is 0 Å². The van der Waals surface area contributed by atoms with E-state index in [1.807, 2.05) is 19.1 Å². The second-order valence-corrected chi connectivity index (χ2v) is 6.11. The third-order valence-electron chi connectivity index (χ3n) is 3.97. The molecule has 0 bridgehead atoms. The number of hydrogen-bond donors (Lipinski definition) is 1. The number of carbonyl (C=O) groups is 2. The van der Waals surface area contributed by atoms with Gasteiger partial charge in [0.1, 0.15) is 5.56 Å². The Balaban J connectivity index is 2.20. The Labute approximate surface area is 167 Å². The van der Waals surface area contributed by atoms with Crippen molar-refractivity contribution in [2.75, 3.05) is 19.0 Å². The molecule has 2 aromatic rings. The molecule has 0 saturated carbocycles. The van der Waals surface area contributed by atoms with Crippen molar-refractivity contribution in [3.8, 4) is 11.5 Å². The predicted octanol–water partition coefficient (Wildman–Crippen LogP) is 3.49. The number of esters is 1. The molecule has 0 aliphatic carbocycles. The first-order chi connectivity index (χ1) is 13.8. The van der Waals surface area contributed by atoms with Crippen molar-refractivity contribution in [3.63, 3.8) is 0 Å². The highest BCUT2D eigenvalue weighted by molar-refractivity contribution is 5.99. The van der Waals surface area contributed by atoms with Gasteiger partial charge in [-0.2, -0.15) is 0 Å². The van der Waals surface area contributed by atoms with Gasteiger partial charge in [0, 0.05) is 11.8 Å². The predicted molar refractivity (Wildman–Crippen MR) is 106 cm³/mol. The van der Waals surface area contributed by atoms with Crippen LogP contribution < -0.4 is 14.8 Å². The summed E-state index contributed by atoms with van der Waals surface area (Å²) < 4.78 is 15.6. The number of anilines is 1. The van der Waals surface area contributed by atoms with Gasteiger partial charge in [0.05, 0.1) is 24.7 Å². The van der Waals surface area contributed by atoms with Gasteiger partial charge in [0.25, 0.3) is 11.6 Å². The summed E-state index contributed by atoms with van der Waals surface area (Å²) in [5.41, 5.74) is 0.715. The fraction of sp³-hybridized carbons (Fsp3) is 0.300. The number of ether oxygens (including phenoxy) is 3. The lowest BCUT2D eigenvalue weighted by Crippen LogP contribution is -2.30. The molecule has 9 nitrogen and oxygen atoms in total. The van der Waals surface area contributed by atoms with Crippen LogP contribution in [0.2, 0.25) is 0 Å². The molecule has 0 spiro atoms. The number of carbonyl (C=O) groups excluding carboxylic acids is 2. The summed E-state index contributed by atoms with van der Waals surface area (Å²) in [6.07, 6.45) is -1.18. The van der Waals surface area contributed by atoms with Crippen molar-refractivity contribution in [3.05, 3.63) is 57.6 Å². The number of nitro benzene ring substituents is 1. The maximum Gasteiger partial charge on any atom is 0.346 e. The van der Waals surface area contributed by atoms with Crippen molar-refractivity contribution in [2.45, 2.75) is 26.9 Å². The lowest BCUT2D eigenvalue weighted by Gasteiger charge is -2.15. The van der Waals surface area contributed by atoms with Crippen molar-refractivity contribution < 1.29 is 28.7 Å². The van der Waals surface area contributed by atoms with Crippen molar-refractivity contribution in [1.29, 1.82) is 0 Å². The van der Waals surface area contributed by atoms with Gasteiger partial charge in [-0.1, -0.05) is 17.7 Å². The molecule has 1 amide bonds. The first-order valence-corrected chi connectivity index (χ1v) is 8.84. The maximum atomic E-state index is 12.5. The molecule has 0 aliphatic rings. The lowest BCUT2D eigenvalue weighted by molar-refractivity contribution is -0.385. The summed E-state index contributed by atoms with van der Waals surface area (Å²) in [6, 6.07) is 9.32. The van der Waals surface area contributed by atoms with Gasteiger partial charge in [-0.05, 0) is 32.9 Å². The average Bonchev–Trinajstić information content (AvgIpc) is 2.69. The first-order valence-electron chi connectivity index (χ1n) is 8.84. The number of nitrogens with zero attached hydrogens (tertiary/aromatic N) is 1. The van der Waals surface area contributed by atoms with E-state index in [9.17, 15) is 19.7 Å². The minimum Gasteiger partial charge on any atom is -0.493 e. The van der Waals surface area contributed by atoms with Crippen LogP contribution in [0.5, 0.6) is 11.5 Å². The van der Waals surface area contributed by atoms with E-state index in [0.29, 0.717) is 5.69 Å². The fourth-order valence-electron chi connectivity index (χ4n) is 2.45. The molecule has 0 aromatic heterocycles. The van der Waals surface area contributed by atoms with Crippen molar-refractivity contribution in [2.24, 2.45) is 0 Å². The monoisotopic (exact) mass is 402 g/mol. The molecular formula is C20H22N2O7.